The van der Waals surface area contributed by atoms with E-state index in [1.165, 1.54) is 26.5 Å². The maximum absolute atomic E-state index is 12.7. The number of likely N-dealkylation sites (N-methyl/N-ethyl adjacent to an activating group) is 1. The fraction of sp³-hybridized carbons (Fsp3) is 0.316. The number of hydrazine groups is 1. The molecule has 24 heavy (non-hydrogen) atoms. The van der Waals surface area contributed by atoms with Crippen LogP contribution in [0.4, 0.5) is 0 Å². The Labute approximate surface area is 145 Å². The Hall–Kier alpha value is -1.82. The van der Waals surface area contributed by atoms with E-state index in [-0.39, 0.29) is 17.9 Å². The zero-order chi connectivity index (χ0) is 16.3. The summed E-state index contributed by atoms with van der Waals surface area (Å²) in [5.41, 5.74) is 7.56. The lowest BCUT2D eigenvalue weighted by Gasteiger charge is -2.40. The van der Waals surface area contributed by atoms with Gasteiger partial charge in [-0.05, 0) is 28.9 Å². The van der Waals surface area contributed by atoms with Gasteiger partial charge < -0.3 is 5.32 Å². The van der Waals surface area contributed by atoms with Gasteiger partial charge in [0.15, 0.2) is 0 Å². The van der Waals surface area contributed by atoms with Crippen molar-refractivity contribution < 1.29 is 4.79 Å². The van der Waals surface area contributed by atoms with Gasteiger partial charge in [-0.1, -0.05) is 42.1 Å². The Bertz CT molecular complexity index is 826. The number of rotatable bonds is 0. The maximum Gasteiger partial charge on any atom is 0.231 e. The minimum absolute atomic E-state index is 0.114. The van der Waals surface area contributed by atoms with Gasteiger partial charge in [0, 0.05) is 35.9 Å². The van der Waals surface area contributed by atoms with Gasteiger partial charge in [0.25, 0.3) is 0 Å². The Kier molecular flexibility index (Phi) is 3.23. The van der Waals surface area contributed by atoms with E-state index in [0.717, 1.165) is 6.54 Å². The molecular weight excluding hydrogens is 318 g/mol. The summed E-state index contributed by atoms with van der Waals surface area (Å²) in [5.74, 6) is 0.274. The molecule has 0 radical (unpaired) electrons. The third-order valence-electron chi connectivity index (χ3n) is 5.30. The van der Waals surface area contributed by atoms with Crippen molar-refractivity contribution >= 4 is 17.7 Å². The Balaban J connectivity index is 1.80. The number of carbonyl (C=O) groups is 1. The number of thioether (sulfide) groups is 1. The zero-order valence-corrected chi connectivity index (χ0v) is 14.3. The molecule has 4 nitrogen and oxygen atoms in total. The Morgan fingerprint density at radius 2 is 2.17 bits per heavy atom. The molecule has 0 spiro atoms. The SMILES string of the molecule is CN1CC2C3=C4C(=CC=CC4C(=O)NCC3N1)Sc1ccccc12. The number of benzene rings is 1. The summed E-state index contributed by atoms with van der Waals surface area (Å²) in [4.78, 5) is 15.2. The molecule has 4 aliphatic rings. The minimum atomic E-state index is -0.167. The quantitative estimate of drug-likeness (QED) is 0.762. The summed E-state index contributed by atoms with van der Waals surface area (Å²) in [6.45, 7) is 1.56. The molecule has 122 valence electrons. The van der Waals surface area contributed by atoms with Crippen molar-refractivity contribution in [3.8, 4) is 0 Å². The number of nitrogens with zero attached hydrogens (tertiary/aromatic N) is 1. The average molecular weight is 337 g/mol. The molecule has 0 saturated carbocycles. The van der Waals surface area contributed by atoms with Gasteiger partial charge in [-0.25, -0.2) is 10.4 Å². The van der Waals surface area contributed by atoms with E-state index in [4.69, 9.17) is 0 Å². The predicted molar refractivity (Wildman–Crippen MR) is 95.3 cm³/mol. The summed E-state index contributed by atoms with van der Waals surface area (Å²) in [7, 11) is 2.09. The second kappa shape index (κ2) is 5.34. The largest absolute Gasteiger partial charge is 0.353 e. The van der Waals surface area contributed by atoms with Crippen LogP contribution in [-0.4, -0.2) is 37.1 Å². The first-order chi connectivity index (χ1) is 11.7. The second-order valence-electron chi connectivity index (χ2n) is 6.76. The van der Waals surface area contributed by atoms with E-state index in [0.29, 0.717) is 12.5 Å². The van der Waals surface area contributed by atoms with Crippen LogP contribution in [0.1, 0.15) is 11.5 Å². The van der Waals surface area contributed by atoms with Crippen molar-refractivity contribution in [3.63, 3.8) is 0 Å². The van der Waals surface area contributed by atoms with Gasteiger partial charge >= 0.3 is 0 Å². The van der Waals surface area contributed by atoms with Gasteiger partial charge in [-0.3, -0.25) is 4.79 Å². The second-order valence-corrected chi connectivity index (χ2v) is 7.85. The molecular formula is C19H19N3OS. The Morgan fingerprint density at radius 3 is 3.08 bits per heavy atom. The van der Waals surface area contributed by atoms with E-state index in [9.17, 15) is 4.79 Å². The van der Waals surface area contributed by atoms with Crippen molar-refractivity contribution in [3.05, 3.63) is 64.1 Å². The van der Waals surface area contributed by atoms with Crippen LogP contribution in [0.5, 0.6) is 0 Å². The number of nitrogens with one attached hydrogen (secondary N) is 2. The van der Waals surface area contributed by atoms with Gasteiger partial charge in [0.1, 0.15) is 0 Å². The lowest BCUT2D eigenvalue weighted by Crippen LogP contribution is -2.54. The van der Waals surface area contributed by atoms with Crippen LogP contribution in [0.25, 0.3) is 0 Å². The number of amides is 1. The molecule has 3 unspecified atom stereocenters. The van der Waals surface area contributed by atoms with Crippen LogP contribution in [0.2, 0.25) is 0 Å². The first-order valence-corrected chi connectivity index (χ1v) is 9.18. The molecule has 3 heterocycles. The molecule has 0 bridgehead atoms. The van der Waals surface area contributed by atoms with E-state index < -0.39 is 0 Å². The fourth-order valence-corrected chi connectivity index (χ4v) is 5.53. The van der Waals surface area contributed by atoms with Gasteiger partial charge in [0.05, 0.1) is 12.0 Å². The van der Waals surface area contributed by atoms with Crippen LogP contribution in [0, 0.1) is 5.92 Å². The lowest BCUT2D eigenvalue weighted by molar-refractivity contribution is -0.122. The number of carbonyl (C=O) groups excluding carboxylic acids is 1. The van der Waals surface area contributed by atoms with Crippen molar-refractivity contribution in [1.82, 2.24) is 15.8 Å². The molecule has 3 aliphatic heterocycles. The molecule has 5 rings (SSSR count). The van der Waals surface area contributed by atoms with E-state index in [2.05, 4.69) is 53.1 Å². The smallest absolute Gasteiger partial charge is 0.231 e. The highest BCUT2D eigenvalue weighted by Crippen LogP contribution is 2.50. The average Bonchev–Trinajstić information content (AvgIpc) is 2.82. The molecule has 2 N–H and O–H groups in total. The van der Waals surface area contributed by atoms with Gasteiger partial charge in [-0.15, -0.1) is 0 Å². The van der Waals surface area contributed by atoms with Crippen molar-refractivity contribution in [2.75, 3.05) is 20.1 Å². The molecule has 5 heteroatoms. The highest BCUT2D eigenvalue weighted by atomic mass is 32.2. The minimum Gasteiger partial charge on any atom is -0.353 e. The molecule has 1 amide bonds. The predicted octanol–water partition coefficient (Wildman–Crippen LogP) is 2.19. The van der Waals surface area contributed by atoms with Crippen LogP contribution in [-0.2, 0) is 4.79 Å². The van der Waals surface area contributed by atoms with Gasteiger partial charge in [0.2, 0.25) is 5.91 Å². The summed E-state index contributed by atoms with van der Waals surface area (Å²) in [6, 6.07) is 8.84. The number of fused-ring (bicyclic) bond motifs is 2. The molecule has 1 aliphatic carbocycles. The van der Waals surface area contributed by atoms with E-state index in [1.54, 1.807) is 11.8 Å². The topological polar surface area (TPSA) is 44.4 Å². The van der Waals surface area contributed by atoms with Gasteiger partial charge in [-0.2, -0.15) is 0 Å². The van der Waals surface area contributed by atoms with E-state index in [1.807, 2.05) is 12.2 Å². The molecule has 3 atom stereocenters. The number of hydrogen-bond donors (Lipinski definition) is 2. The van der Waals surface area contributed by atoms with Crippen LogP contribution >= 0.6 is 11.8 Å². The monoisotopic (exact) mass is 337 g/mol. The maximum atomic E-state index is 12.7. The number of hydrogen-bond acceptors (Lipinski definition) is 4. The van der Waals surface area contributed by atoms with Crippen molar-refractivity contribution in [2.45, 2.75) is 16.9 Å². The zero-order valence-electron chi connectivity index (χ0n) is 13.5. The molecule has 1 aromatic rings. The third kappa shape index (κ3) is 2.05. The van der Waals surface area contributed by atoms with Crippen LogP contribution in [0.3, 0.4) is 0 Å². The number of allylic oxidation sites excluding steroid dienone is 3. The molecule has 1 saturated heterocycles. The molecule has 1 aromatic carbocycles. The standard InChI is InChI=1S/C19H19N3OS/c1-22-10-13-11-5-2-3-7-15(11)24-16-8-4-6-12-18(16)17(13)14(21-22)9-20-19(12)23/h2-8,12-14,21H,9-10H2,1H3,(H,20,23). The normalized spacial score (nSPS) is 31.5. The highest BCUT2D eigenvalue weighted by molar-refractivity contribution is 8.03. The first kappa shape index (κ1) is 14.5. The van der Waals surface area contributed by atoms with Crippen LogP contribution in [0.15, 0.2) is 63.4 Å². The highest BCUT2D eigenvalue weighted by Gasteiger charge is 2.42. The molecule has 1 fully saturated rings. The van der Waals surface area contributed by atoms with E-state index >= 15 is 0 Å². The van der Waals surface area contributed by atoms with Crippen molar-refractivity contribution in [1.29, 1.82) is 0 Å². The summed E-state index contributed by atoms with van der Waals surface area (Å²) in [5, 5.41) is 5.29. The molecule has 0 aromatic heterocycles. The lowest BCUT2D eigenvalue weighted by atomic mass is 9.78. The summed E-state index contributed by atoms with van der Waals surface area (Å²) < 4.78 is 0. The third-order valence-corrected chi connectivity index (χ3v) is 6.47. The van der Waals surface area contributed by atoms with Crippen molar-refractivity contribution in [2.24, 2.45) is 5.92 Å². The van der Waals surface area contributed by atoms with Crippen LogP contribution < -0.4 is 10.7 Å². The first-order valence-electron chi connectivity index (χ1n) is 8.37. The Morgan fingerprint density at radius 1 is 1.29 bits per heavy atom. The summed E-state index contributed by atoms with van der Waals surface area (Å²) in [6.07, 6.45) is 6.23. The summed E-state index contributed by atoms with van der Waals surface area (Å²) >= 11 is 1.81. The fourth-order valence-electron chi connectivity index (χ4n) is 4.32.